The van der Waals surface area contributed by atoms with Crippen LogP contribution in [0.4, 0.5) is 10.5 Å². The number of benzene rings is 1. The van der Waals surface area contributed by atoms with E-state index in [1.54, 1.807) is 16.9 Å². The molecule has 0 aliphatic carbocycles. The lowest BCUT2D eigenvalue weighted by atomic mass is 10.2. The minimum absolute atomic E-state index is 0.0260. The number of methoxy groups -OCH3 is 1. The quantitative estimate of drug-likeness (QED) is 0.606. The number of amides is 3. The first-order valence-electron chi connectivity index (χ1n) is 9.48. The molecule has 0 aromatic heterocycles. The number of rotatable bonds is 7. The van der Waals surface area contributed by atoms with Crippen LogP contribution in [0.15, 0.2) is 24.3 Å². The molecule has 0 unspecified atom stereocenters. The van der Waals surface area contributed by atoms with Crippen LogP contribution in [-0.4, -0.2) is 57.8 Å². The van der Waals surface area contributed by atoms with E-state index in [0.717, 1.165) is 24.4 Å². The Morgan fingerprint density at radius 1 is 1.27 bits per heavy atom. The van der Waals surface area contributed by atoms with Gasteiger partial charge in [0, 0.05) is 44.5 Å². The number of anilines is 1. The van der Waals surface area contributed by atoms with Gasteiger partial charge >= 0.3 is 6.03 Å². The molecule has 0 radical (unpaired) electrons. The van der Waals surface area contributed by atoms with Gasteiger partial charge in [0.25, 0.3) is 0 Å². The number of nitrogens with one attached hydrogen (secondary N) is 3. The molecule has 2 aliphatic rings. The van der Waals surface area contributed by atoms with E-state index in [4.69, 9.17) is 4.74 Å². The molecule has 1 aromatic carbocycles. The highest BCUT2D eigenvalue weighted by Gasteiger charge is 2.31. The van der Waals surface area contributed by atoms with Crippen LogP contribution in [0.5, 0.6) is 5.75 Å². The van der Waals surface area contributed by atoms with Crippen molar-refractivity contribution in [3.63, 3.8) is 0 Å². The van der Waals surface area contributed by atoms with Crippen molar-refractivity contribution in [2.24, 2.45) is 0 Å². The van der Waals surface area contributed by atoms with E-state index in [-0.39, 0.29) is 18.0 Å². The summed E-state index contributed by atoms with van der Waals surface area (Å²) < 4.78 is 5.14. The number of nitrogens with zero attached hydrogens (tertiary/aromatic N) is 1. The number of quaternary nitrogens is 1. The standard InChI is InChI=1S/C19H28N4O3/c1-26-17-7-5-16(6-8-17)23-14-15(13-18(23)24)21-19(25)20-9-4-12-22-10-2-3-11-22/h5-8,15H,2-4,9-14H2,1H3,(H2,20,21,25)/p+1/t15-/m0/s1. The third-order valence-electron chi connectivity index (χ3n) is 5.15. The second-order valence-electron chi connectivity index (χ2n) is 7.06. The molecule has 3 amide bonds. The maximum atomic E-state index is 12.2. The lowest BCUT2D eigenvalue weighted by Gasteiger charge is -2.18. The van der Waals surface area contributed by atoms with E-state index in [0.29, 0.717) is 19.5 Å². The molecule has 2 aliphatic heterocycles. The van der Waals surface area contributed by atoms with Crippen LogP contribution in [0, 0.1) is 0 Å². The Hall–Kier alpha value is -2.28. The van der Waals surface area contributed by atoms with Gasteiger partial charge in [0.1, 0.15) is 5.75 Å². The number of ether oxygens (including phenoxy) is 1. The summed E-state index contributed by atoms with van der Waals surface area (Å²) >= 11 is 0. The molecule has 0 spiro atoms. The zero-order valence-corrected chi connectivity index (χ0v) is 15.4. The van der Waals surface area contributed by atoms with Crippen molar-refractivity contribution in [2.45, 2.75) is 31.7 Å². The first-order valence-corrected chi connectivity index (χ1v) is 9.48. The Morgan fingerprint density at radius 2 is 2.00 bits per heavy atom. The van der Waals surface area contributed by atoms with Crippen molar-refractivity contribution in [2.75, 3.05) is 44.7 Å². The van der Waals surface area contributed by atoms with Gasteiger partial charge < -0.3 is 25.2 Å². The number of carbonyl (C=O) groups excluding carboxylic acids is 2. The molecule has 0 saturated carbocycles. The molecular formula is C19H29N4O3+. The minimum atomic E-state index is -0.184. The monoisotopic (exact) mass is 361 g/mol. The van der Waals surface area contributed by atoms with Gasteiger partial charge in [0.2, 0.25) is 5.91 Å². The van der Waals surface area contributed by atoms with Gasteiger partial charge in [-0.05, 0) is 24.3 Å². The van der Waals surface area contributed by atoms with Gasteiger partial charge in [-0.2, -0.15) is 0 Å². The number of hydrogen-bond acceptors (Lipinski definition) is 3. The average Bonchev–Trinajstić information content (AvgIpc) is 3.28. The highest BCUT2D eigenvalue weighted by molar-refractivity contribution is 5.96. The van der Waals surface area contributed by atoms with Gasteiger partial charge in [-0.1, -0.05) is 0 Å². The molecule has 2 saturated heterocycles. The van der Waals surface area contributed by atoms with E-state index in [1.807, 2.05) is 24.3 Å². The molecule has 3 N–H and O–H groups in total. The van der Waals surface area contributed by atoms with Crippen LogP contribution in [0.1, 0.15) is 25.7 Å². The van der Waals surface area contributed by atoms with Crippen molar-refractivity contribution in [1.29, 1.82) is 0 Å². The Balaban J connectivity index is 1.39. The van der Waals surface area contributed by atoms with E-state index in [2.05, 4.69) is 10.6 Å². The van der Waals surface area contributed by atoms with Gasteiger partial charge in [-0.15, -0.1) is 0 Å². The highest BCUT2D eigenvalue weighted by Crippen LogP contribution is 2.24. The summed E-state index contributed by atoms with van der Waals surface area (Å²) in [6, 6.07) is 7.04. The molecule has 3 rings (SSSR count). The summed E-state index contributed by atoms with van der Waals surface area (Å²) in [5.41, 5.74) is 0.828. The van der Waals surface area contributed by atoms with Gasteiger partial charge in [0.05, 0.1) is 32.8 Å². The van der Waals surface area contributed by atoms with E-state index >= 15 is 0 Å². The molecule has 7 heteroatoms. The zero-order chi connectivity index (χ0) is 18.4. The molecule has 2 fully saturated rings. The first kappa shape index (κ1) is 18.5. The third-order valence-corrected chi connectivity index (χ3v) is 5.15. The summed E-state index contributed by atoms with van der Waals surface area (Å²) in [5.74, 6) is 0.781. The van der Waals surface area contributed by atoms with E-state index < -0.39 is 0 Å². The fourth-order valence-corrected chi connectivity index (χ4v) is 3.72. The molecule has 26 heavy (non-hydrogen) atoms. The molecule has 142 valence electrons. The molecular weight excluding hydrogens is 332 g/mol. The van der Waals surface area contributed by atoms with Gasteiger partial charge in [-0.3, -0.25) is 4.79 Å². The summed E-state index contributed by atoms with van der Waals surface area (Å²) in [4.78, 5) is 27.7. The molecule has 7 nitrogen and oxygen atoms in total. The Kier molecular flexibility index (Phi) is 6.33. The molecule has 1 aromatic rings. The summed E-state index contributed by atoms with van der Waals surface area (Å²) in [6.45, 7) is 4.82. The third kappa shape index (κ3) is 4.88. The second kappa shape index (κ2) is 8.89. The zero-order valence-electron chi connectivity index (χ0n) is 15.4. The van der Waals surface area contributed by atoms with Crippen molar-refractivity contribution in [1.82, 2.24) is 10.6 Å². The second-order valence-corrected chi connectivity index (χ2v) is 7.06. The number of hydrogen-bond donors (Lipinski definition) is 3. The summed E-state index contributed by atoms with van der Waals surface area (Å²) in [5, 5.41) is 5.82. The normalized spacial score (nSPS) is 20.4. The SMILES string of the molecule is COc1ccc(N2C[C@@H](NC(=O)NCCC[NH+]3CCCC3)CC2=O)cc1. The van der Waals surface area contributed by atoms with E-state index in [1.165, 1.54) is 25.9 Å². The molecule has 0 bridgehead atoms. The van der Waals surface area contributed by atoms with Crippen LogP contribution in [0.25, 0.3) is 0 Å². The van der Waals surface area contributed by atoms with Crippen LogP contribution < -0.4 is 25.2 Å². The fourth-order valence-electron chi connectivity index (χ4n) is 3.72. The lowest BCUT2D eigenvalue weighted by molar-refractivity contribution is -0.887. The van der Waals surface area contributed by atoms with Crippen LogP contribution in [-0.2, 0) is 4.79 Å². The average molecular weight is 361 g/mol. The highest BCUT2D eigenvalue weighted by atomic mass is 16.5. The van der Waals surface area contributed by atoms with Crippen molar-refractivity contribution < 1.29 is 19.2 Å². The minimum Gasteiger partial charge on any atom is -0.497 e. The van der Waals surface area contributed by atoms with Crippen molar-refractivity contribution >= 4 is 17.6 Å². The number of likely N-dealkylation sites (tertiary alicyclic amines) is 1. The largest absolute Gasteiger partial charge is 0.497 e. The van der Waals surface area contributed by atoms with Crippen molar-refractivity contribution in [3.05, 3.63) is 24.3 Å². The van der Waals surface area contributed by atoms with Crippen LogP contribution >= 0.6 is 0 Å². The fraction of sp³-hybridized carbons (Fsp3) is 0.579. The summed E-state index contributed by atoms with van der Waals surface area (Å²) in [6.07, 6.45) is 3.97. The van der Waals surface area contributed by atoms with Crippen LogP contribution in [0.2, 0.25) is 0 Å². The Bertz CT molecular complexity index is 614. The van der Waals surface area contributed by atoms with Gasteiger partial charge in [-0.25, -0.2) is 4.79 Å². The smallest absolute Gasteiger partial charge is 0.315 e. The van der Waals surface area contributed by atoms with Crippen LogP contribution in [0.3, 0.4) is 0 Å². The maximum Gasteiger partial charge on any atom is 0.315 e. The predicted molar refractivity (Wildman–Crippen MR) is 99.7 cm³/mol. The topological polar surface area (TPSA) is 75.1 Å². The van der Waals surface area contributed by atoms with E-state index in [9.17, 15) is 9.59 Å². The predicted octanol–water partition coefficient (Wildman–Crippen LogP) is 0.169. The molecule has 1 atom stereocenters. The Morgan fingerprint density at radius 3 is 2.69 bits per heavy atom. The summed E-state index contributed by atoms with van der Waals surface area (Å²) in [7, 11) is 1.61. The maximum absolute atomic E-state index is 12.2. The molecule has 2 heterocycles. The number of carbonyl (C=O) groups is 2. The number of urea groups is 1. The lowest BCUT2D eigenvalue weighted by Crippen LogP contribution is -3.10. The first-order chi connectivity index (χ1) is 12.7. The van der Waals surface area contributed by atoms with Gasteiger partial charge in [0.15, 0.2) is 0 Å². The Labute approximate surface area is 154 Å². The van der Waals surface area contributed by atoms with Crippen molar-refractivity contribution in [3.8, 4) is 5.75 Å².